The van der Waals surface area contributed by atoms with Crippen molar-refractivity contribution < 1.29 is 9.84 Å². The first-order valence-electron chi connectivity index (χ1n) is 6.73. The van der Waals surface area contributed by atoms with Gasteiger partial charge in [0.05, 0.1) is 13.2 Å². The van der Waals surface area contributed by atoms with Gasteiger partial charge in [-0.3, -0.25) is 0 Å². The van der Waals surface area contributed by atoms with Gasteiger partial charge in [-0.1, -0.05) is 6.92 Å². The summed E-state index contributed by atoms with van der Waals surface area (Å²) in [4.78, 5) is 10.6. The van der Waals surface area contributed by atoms with Gasteiger partial charge < -0.3 is 20.1 Å². The van der Waals surface area contributed by atoms with Crippen molar-refractivity contribution in [2.45, 2.75) is 26.4 Å². The fourth-order valence-corrected chi connectivity index (χ4v) is 2.31. The summed E-state index contributed by atoms with van der Waals surface area (Å²) in [7, 11) is 1.62. The fraction of sp³-hybridized carbons (Fsp3) is 0.692. The Bertz CT molecular complexity index is 427. The quantitative estimate of drug-likeness (QED) is 0.851. The van der Waals surface area contributed by atoms with Gasteiger partial charge in [0.25, 0.3) is 0 Å². The third-order valence-electron chi connectivity index (χ3n) is 3.55. The highest BCUT2D eigenvalue weighted by atomic mass is 16.5. The van der Waals surface area contributed by atoms with E-state index in [1.54, 1.807) is 7.11 Å². The van der Waals surface area contributed by atoms with Crippen molar-refractivity contribution in [1.29, 1.82) is 0 Å². The molecule has 0 saturated carbocycles. The molecule has 0 amide bonds. The minimum absolute atomic E-state index is 0.323. The van der Waals surface area contributed by atoms with Crippen LogP contribution >= 0.6 is 0 Å². The van der Waals surface area contributed by atoms with E-state index in [-0.39, 0.29) is 6.10 Å². The molecule has 2 atom stereocenters. The zero-order chi connectivity index (χ0) is 13.8. The van der Waals surface area contributed by atoms with Gasteiger partial charge in [0.15, 0.2) is 11.6 Å². The number of aliphatic hydroxyl groups is 1. The third kappa shape index (κ3) is 2.89. The van der Waals surface area contributed by atoms with Crippen molar-refractivity contribution in [2.24, 2.45) is 5.92 Å². The fourth-order valence-electron chi connectivity index (χ4n) is 2.31. The molecule has 1 aliphatic heterocycles. The lowest BCUT2D eigenvalue weighted by Gasteiger charge is -2.35. The molecule has 0 aromatic carbocycles. The van der Waals surface area contributed by atoms with E-state index in [4.69, 9.17) is 4.74 Å². The second-order valence-corrected chi connectivity index (χ2v) is 4.89. The van der Waals surface area contributed by atoms with Gasteiger partial charge in [0.2, 0.25) is 5.75 Å². The Hall–Kier alpha value is -1.56. The third-order valence-corrected chi connectivity index (χ3v) is 3.55. The number of rotatable bonds is 4. The molecule has 2 unspecified atom stereocenters. The highest BCUT2D eigenvalue weighted by molar-refractivity contribution is 5.64. The Morgan fingerprint density at radius 1 is 1.53 bits per heavy atom. The van der Waals surface area contributed by atoms with Gasteiger partial charge in [-0.2, -0.15) is 0 Å². The average molecular weight is 266 g/mol. The second-order valence-electron chi connectivity index (χ2n) is 4.89. The van der Waals surface area contributed by atoms with Gasteiger partial charge in [-0.15, -0.1) is 0 Å². The van der Waals surface area contributed by atoms with Crippen molar-refractivity contribution in [3.63, 3.8) is 0 Å². The van der Waals surface area contributed by atoms with E-state index in [1.807, 2.05) is 6.92 Å². The largest absolute Gasteiger partial charge is 0.490 e. The first-order chi connectivity index (χ1) is 9.17. The number of nitrogens with one attached hydrogen (secondary N) is 1. The van der Waals surface area contributed by atoms with Crippen molar-refractivity contribution >= 4 is 11.6 Å². The highest BCUT2D eigenvalue weighted by Gasteiger charge is 2.27. The topological polar surface area (TPSA) is 70.5 Å². The summed E-state index contributed by atoms with van der Waals surface area (Å²) in [6.45, 7) is 6.31. The van der Waals surface area contributed by atoms with E-state index >= 15 is 0 Å². The summed E-state index contributed by atoms with van der Waals surface area (Å²) in [5.74, 6) is 2.42. The summed E-state index contributed by atoms with van der Waals surface area (Å²) in [5.41, 5.74) is 0. The predicted octanol–water partition coefficient (Wildman–Crippen LogP) is 1.12. The molecule has 19 heavy (non-hydrogen) atoms. The minimum atomic E-state index is -0.323. The normalized spacial score (nSPS) is 23.3. The lowest BCUT2D eigenvalue weighted by atomic mass is 9.96. The maximum absolute atomic E-state index is 10.0. The van der Waals surface area contributed by atoms with Crippen LogP contribution < -0.4 is 15.0 Å². The highest BCUT2D eigenvalue weighted by Crippen LogP contribution is 2.33. The lowest BCUT2D eigenvalue weighted by Crippen LogP contribution is -2.43. The van der Waals surface area contributed by atoms with E-state index in [0.717, 1.165) is 25.3 Å². The Morgan fingerprint density at radius 3 is 2.95 bits per heavy atom. The number of hydrogen-bond acceptors (Lipinski definition) is 6. The molecule has 106 valence electrons. The maximum Gasteiger partial charge on any atom is 0.204 e. The standard InChI is InChI=1S/C13H22N4O2/c1-4-14-12-11(19-3)13(16-8-15-12)17-6-5-9(2)10(18)7-17/h8-10,18H,4-7H2,1-3H3,(H,14,15,16). The van der Waals surface area contributed by atoms with E-state index in [0.29, 0.717) is 24.0 Å². The van der Waals surface area contributed by atoms with Crippen molar-refractivity contribution in [3.05, 3.63) is 6.33 Å². The Balaban J connectivity index is 2.26. The molecule has 1 aromatic rings. The molecule has 1 aliphatic rings. The van der Waals surface area contributed by atoms with Crippen LogP contribution in [-0.2, 0) is 0 Å². The SMILES string of the molecule is CCNc1ncnc(N2CCC(C)C(O)C2)c1OC. The monoisotopic (exact) mass is 266 g/mol. The van der Waals surface area contributed by atoms with Crippen LogP contribution in [0.1, 0.15) is 20.3 Å². The van der Waals surface area contributed by atoms with Crippen LogP contribution in [0, 0.1) is 5.92 Å². The van der Waals surface area contributed by atoms with Gasteiger partial charge in [0, 0.05) is 19.6 Å². The summed E-state index contributed by atoms with van der Waals surface area (Å²) in [6.07, 6.45) is 2.15. The minimum Gasteiger partial charge on any atom is -0.490 e. The number of aromatic nitrogens is 2. The van der Waals surface area contributed by atoms with Crippen LogP contribution in [-0.4, -0.2) is 47.9 Å². The Kier molecular flexibility index (Phi) is 4.42. The first kappa shape index (κ1) is 13.9. The summed E-state index contributed by atoms with van der Waals surface area (Å²) in [6, 6.07) is 0. The number of aliphatic hydroxyl groups excluding tert-OH is 1. The number of anilines is 2. The summed E-state index contributed by atoms with van der Waals surface area (Å²) < 4.78 is 5.43. The van der Waals surface area contributed by atoms with Crippen LogP contribution in [0.15, 0.2) is 6.33 Å². The molecule has 2 heterocycles. The van der Waals surface area contributed by atoms with Gasteiger partial charge in [-0.05, 0) is 19.3 Å². The zero-order valence-corrected chi connectivity index (χ0v) is 11.8. The molecule has 0 aliphatic carbocycles. The molecular formula is C13H22N4O2. The molecule has 6 heteroatoms. The molecule has 1 fully saturated rings. The van der Waals surface area contributed by atoms with E-state index in [1.165, 1.54) is 6.33 Å². The van der Waals surface area contributed by atoms with Crippen LogP contribution in [0.3, 0.4) is 0 Å². The first-order valence-corrected chi connectivity index (χ1v) is 6.73. The van der Waals surface area contributed by atoms with Gasteiger partial charge >= 0.3 is 0 Å². The second kappa shape index (κ2) is 6.06. The smallest absolute Gasteiger partial charge is 0.204 e. The Morgan fingerprint density at radius 2 is 2.32 bits per heavy atom. The number of hydrogen-bond donors (Lipinski definition) is 2. The summed E-state index contributed by atoms with van der Waals surface area (Å²) >= 11 is 0. The molecule has 2 N–H and O–H groups in total. The molecule has 0 bridgehead atoms. The van der Waals surface area contributed by atoms with Gasteiger partial charge in [-0.25, -0.2) is 9.97 Å². The summed E-state index contributed by atoms with van der Waals surface area (Å²) in [5, 5.41) is 13.2. The van der Waals surface area contributed by atoms with Crippen molar-refractivity contribution in [2.75, 3.05) is 37.0 Å². The number of nitrogens with zero attached hydrogens (tertiary/aromatic N) is 3. The molecule has 2 rings (SSSR count). The van der Waals surface area contributed by atoms with Crippen LogP contribution in [0.25, 0.3) is 0 Å². The average Bonchev–Trinajstić information content (AvgIpc) is 2.42. The van der Waals surface area contributed by atoms with E-state index in [9.17, 15) is 5.11 Å². The Labute approximate surface area is 113 Å². The molecular weight excluding hydrogens is 244 g/mol. The number of methoxy groups -OCH3 is 1. The molecule has 0 radical (unpaired) electrons. The van der Waals surface area contributed by atoms with Crippen LogP contribution in [0.2, 0.25) is 0 Å². The number of β-amino-alcohol motifs (C(OH)–C–C–N with tert-alkyl or cyclic N) is 1. The molecule has 6 nitrogen and oxygen atoms in total. The molecule has 1 saturated heterocycles. The van der Waals surface area contributed by atoms with Crippen LogP contribution in [0.5, 0.6) is 5.75 Å². The van der Waals surface area contributed by atoms with E-state index in [2.05, 4.69) is 27.1 Å². The predicted molar refractivity (Wildman–Crippen MR) is 74.7 cm³/mol. The molecule has 1 aromatic heterocycles. The number of ether oxygens (including phenoxy) is 1. The maximum atomic E-state index is 10.0. The van der Waals surface area contributed by atoms with Crippen molar-refractivity contribution in [3.8, 4) is 5.75 Å². The van der Waals surface area contributed by atoms with E-state index < -0.39 is 0 Å². The zero-order valence-electron chi connectivity index (χ0n) is 11.8. The van der Waals surface area contributed by atoms with Gasteiger partial charge in [0.1, 0.15) is 6.33 Å². The lowest BCUT2D eigenvalue weighted by molar-refractivity contribution is 0.102. The number of piperidine rings is 1. The molecule has 0 spiro atoms. The van der Waals surface area contributed by atoms with Crippen molar-refractivity contribution in [1.82, 2.24) is 9.97 Å². The van der Waals surface area contributed by atoms with Crippen LogP contribution in [0.4, 0.5) is 11.6 Å².